The first kappa shape index (κ1) is 14.9. The fraction of sp³-hybridized carbons (Fsp3) is 0.467. The normalized spacial score (nSPS) is 25.8. The summed E-state index contributed by atoms with van der Waals surface area (Å²) in [6.45, 7) is 0.683. The number of hydrogen-bond donors (Lipinski definition) is 2. The van der Waals surface area contributed by atoms with Crippen molar-refractivity contribution in [3.8, 4) is 0 Å². The van der Waals surface area contributed by atoms with Crippen LogP contribution in [0.3, 0.4) is 0 Å². The highest BCUT2D eigenvalue weighted by molar-refractivity contribution is 7.80. The number of aryl methyl sites for hydroxylation is 1. The van der Waals surface area contributed by atoms with Crippen LogP contribution in [-0.2, 0) is 22.6 Å². The largest absolute Gasteiger partial charge is 0.295 e. The Balaban J connectivity index is 1.86. The molecule has 1 saturated heterocycles. The van der Waals surface area contributed by atoms with Crippen LogP contribution in [0.25, 0.3) is 0 Å². The molecule has 2 atom stereocenters. The summed E-state index contributed by atoms with van der Waals surface area (Å²) in [5.41, 5.74) is 3.59. The average molecular weight is 325 g/mol. The molecule has 2 amide bonds. The summed E-state index contributed by atoms with van der Waals surface area (Å²) in [6, 6.07) is 5.85. The van der Waals surface area contributed by atoms with Crippen molar-refractivity contribution in [1.82, 2.24) is 10.2 Å². The van der Waals surface area contributed by atoms with Crippen LogP contribution in [0.5, 0.6) is 0 Å². The van der Waals surface area contributed by atoms with Crippen LogP contribution in [0.2, 0.25) is 0 Å². The zero-order valence-electron chi connectivity index (χ0n) is 11.5. The Morgan fingerprint density at radius 2 is 2.19 bits per heavy atom. The number of rotatable bonds is 3. The van der Waals surface area contributed by atoms with E-state index in [0.29, 0.717) is 25.3 Å². The smallest absolute Gasteiger partial charge is 0.243 e. The van der Waals surface area contributed by atoms with Crippen molar-refractivity contribution in [2.75, 3.05) is 5.88 Å². The molecule has 112 valence electrons. The third-order valence-corrected chi connectivity index (χ3v) is 4.98. The third kappa shape index (κ3) is 2.70. The topological polar surface area (TPSA) is 49.4 Å². The van der Waals surface area contributed by atoms with E-state index in [9.17, 15) is 9.59 Å². The second-order valence-electron chi connectivity index (χ2n) is 5.44. The SMILES string of the molecule is O=C1CCC(N2Cc3c(CCCl)cccc3C2S)C(=O)N1. The molecule has 1 aromatic carbocycles. The molecule has 2 aliphatic heterocycles. The van der Waals surface area contributed by atoms with E-state index < -0.39 is 0 Å². The Bertz CT molecular complexity index is 593. The number of carbonyl (C=O) groups is 2. The van der Waals surface area contributed by atoms with Gasteiger partial charge in [-0.05, 0) is 29.5 Å². The van der Waals surface area contributed by atoms with Crippen LogP contribution in [0.4, 0.5) is 0 Å². The lowest BCUT2D eigenvalue weighted by atomic mass is 10.0. The van der Waals surface area contributed by atoms with Crippen molar-refractivity contribution in [3.05, 3.63) is 34.9 Å². The number of benzene rings is 1. The molecule has 0 saturated carbocycles. The number of piperidine rings is 1. The lowest BCUT2D eigenvalue weighted by molar-refractivity contribution is -0.137. The summed E-state index contributed by atoms with van der Waals surface area (Å²) in [5, 5.41) is 2.31. The van der Waals surface area contributed by atoms with E-state index in [1.165, 1.54) is 11.1 Å². The monoisotopic (exact) mass is 324 g/mol. The van der Waals surface area contributed by atoms with Crippen LogP contribution in [-0.4, -0.2) is 28.6 Å². The van der Waals surface area contributed by atoms with E-state index in [-0.39, 0.29) is 23.2 Å². The molecule has 21 heavy (non-hydrogen) atoms. The van der Waals surface area contributed by atoms with E-state index in [2.05, 4.69) is 35.0 Å². The highest BCUT2D eigenvalue weighted by Gasteiger charge is 2.39. The molecule has 0 bridgehead atoms. The molecule has 0 aliphatic carbocycles. The van der Waals surface area contributed by atoms with Crippen molar-refractivity contribution in [3.63, 3.8) is 0 Å². The maximum Gasteiger partial charge on any atom is 0.243 e. The molecular weight excluding hydrogens is 308 g/mol. The number of imide groups is 1. The summed E-state index contributed by atoms with van der Waals surface area (Å²) in [5.74, 6) is 0.176. The second kappa shape index (κ2) is 5.99. The number of hydrogen-bond acceptors (Lipinski definition) is 4. The number of fused-ring (bicyclic) bond motifs is 1. The minimum atomic E-state index is -0.290. The lowest BCUT2D eigenvalue weighted by Gasteiger charge is -2.32. The van der Waals surface area contributed by atoms with Crippen molar-refractivity contribution in [2.45, 2.75) is 37.2 Å². The van der Waals surface area contributed by atoms with Crippen LogP contribution in [0.1, 0.15) is 34.9 Å². The highest BCUT2D eigenvalue weighted by Crippen LogP contribution is 2.40. The first-order valence-electron chi connectivity index (χ1n) is 7.06. The summed E-state index contributed by atoms with van der Waals surface area (Å²) < 4.78 is 0. The van der Waals surface area contributed by atoms with Gasteiger partial charge in [0.1, 0.15) is 0 Å². The molecule has 4 nitrogen and oxygen atoms in total. The van der Waals surface area contributed by atoms with E-state index >= 15 is 0 Å². The summed E-state index contributed by atoms with van der Waals surface area (Å²) in [4.78, 5) is 25.4. The maximum absolute atomic E-state index is 12.1. The Morgan fingerprint density at radius 1 is 1.38 bits per heavy atom. The number of alkyl halides is 1. The molecule has 0 aromatic heterocycles. The third-order valence-electron chi connectivity index (χ3n) is 4.22. The molecule has 0 spiro atoms. The van der Waals surface area contributed by atoms with Gasteiger partial charge in [0.25, 0.3) is 0 Å². The molecule has 2 heterocycles. The Morgan fingerprint density at radius 3 is 2.90 bits per heavy atom. The number of thiol groups is 1. The molecule has 2 aliphatic rings. The molecule has 0 radical (unpaired) electrons. The van der Waals surface area contributed by atoms with Gasteiger partial charge in [-0.3, -0.25) is 19.8 Å². The predicted molar refractivity (Wildman–Crippen MR) is 84.3 cm³/mol. The van der Waals surface area contributed by atoms with Crippen LogP contribution in [0.15, 0.2) is 18.2 Å². The van der Waals surface area contributed by atoms with Crippen LogP contribution < -0.4 is 5.32 Å². The Hall–Kier alpha value is -1.04. The van der Waals surface area contributed by atoms with Gasteiger partial charge in [-0.15, -0.1) is 11.6 Å². The minimum absolute atomic E-state index is 0.112. The van der Waals surface area contributed by atoms with Gasteiger partial charge in [0.15, 0.2) is 0 Å². The molecule has 3 rings (SSSR count). The number of nitrogens with zero attached hydrogens (tertiary/aromatic N) is 1. The van der Waals surface area contributed by atoms with Crippen LogP contribution >= 0.6 is 24.2 Å². The fourth-order valence-corrected chi connectivity index (χ4v) is 3.84. The Labute approximate surface area is 134 Å². The number of carbonyl (C=O) groups excluding carboxylic acids is 2. The zero-order valence-corrected chi connectivity index (χ0v) is 13.2. The summed E-state index contributed by atoms with van der Waals surface area (Å²) in [7, 11) is 0. The van der Waals surface area contributed by atoms with Crippen molar-refractivity contribution < 1.29 is 9.59 Å². The fourth-order valence-electron chi connectivity index (χ4n) is 3.15. The molecule has 1 fully saturated rings. The van der Waals surface area contributed by atoms with E-state index in [1.807, 2.05) is 6.07 Å². The van der Waals surface area contributed by atoms with Gasteiger partial charge in [0, 0.05) is 18.8 Å². The van der Waals surface area contributed by atoms with Crippen LogP contribution in [0, 0.1) is 0 Å². The van der Waals surface area contributed by atoms with Crippen molar-refractivity contribution >= 4 is 36.0 Å². The van der Waals surface area contributed by atoms with Gasteiger partial charge in [-0.25, -0.2) is 0 Å². The van der Waals surface area contributed by atoms with Crippen molar-refractivity contribution in [2.24, 2.45) is 0 Å². The predicted octanol–water partition coefficient (Wildman–Crippen LogP) is 2.02. The van der Waals surface area contributed by atoms with Gasteiger partial charge < -0.3 is 0 Å². The number of nitrogens with one attached hydrogen (secondary N) is 1. The van der Waals surface area contributed by atoms with Gasteiger partial charge >= 0.3 is 0 Å². The van der Waals surface area contributed by atoms with Gasteiger partial charge in [-0.1, -0.05) is 18.2 Å². The number of halogens is 1. The molecule has 6 heteroatoms. The quantitative estimate of drug-likeness (QED) is 0.508. The minimum Gasteiger partial charge on any atom is -0.295 e. The first-order chi connectivity index (χ1) is 10.1. The molecule has 2 unspecified atom stereocenters. The molecule has 1 aromatic rings. The molecule has 1 N–H and O–H groups in total. The van der Waals surface area contributed by atoms with Crippen molar-refractivity contribution in [1.29, 1.82) is 0 Å². The standard InChI is InChI=1S/C15H17ClN2O2S/c16-7-6-9-2-1-3-10-11(9)8-18(15(10)21)12-4-5-13(19)17-14(12)20/h1-3,12,15,21H,4-8H2,(H,17,19,20). The number of amides is 2. The zero-order chi connectivity index (χ0) is 15.0. The average Bonchev–Trinajstić information content (AvgIpc) is 2.78. The van der Waals surface area contributed by atoms with Gasteiger partial charge in [0.05, 0.1) is 11.4 Å². The Kier molecular flexibility index (Phi) is 4.24. The van der Waals surface area contributed by atoms with Gasteiger partial charge in [-0.2, -0.15) is 12.6 Å². The highest BCUT2D eigenvalue weighted by atomic mass is 35.5. The first-order valence-corrected chi connectivity index (χ1v) is 8.11. The van der Waals surface area contributed by atoms with Gasteiger partial charge in [0.2, 0.25) is 11.8 Å². The lowest BCUT2D eigenvalue weighted by Crippen LogP contribution is -2.51. The molecular formula is C15H17ClN2O2S. The summed E-state index contributed by atoms with van der Waals surface area (Å²) in [6.07, 6.45) is 1.76. The maximum atomic E-state index is 12.1. The second-order valence-corrected chi connectivity index (χ2v) is 6.30. The van der Waals surface area contributed by atoms with E-state index in [1.54, 1.807) is 0 Å². The van der Waals surface area contributed by atoms with E-state index in [4.69, 9.17) is 11.6 Å². The van der Waals surface area contributed by atoms with E-state index in [0.717, 1.165) is 12.0 Å². The summed E-state index contributed by atoms with van der Waals surface area (Å²) >= 11 is 10.5.